The summed E-state index contributed by atoms with van der Waals surface area (Å²) < 4.78 is 17.3. The van der Waals surface area contributed by atoms with Gasteiger partial charge in [-0.15, -0.1) is 0 Å². The minimum absolute atomic E-state index is 0.136. The Hall–Kier alpha value is -1.79. The average Bonchev–Trinajstić information content (AvgIpc) is 2.76. The first-order valence-electron chi connectivity index (χ1n) is 9.17. The fraction of sp³-hybridized carbons (Fsp3) is 0.632. The summed E-state index contributed by atoms with van der Waals surface area (Å²) in [6.07, 6.45) is 2.90. The van der Waals surface area contributed by atoms with Gasteiger partial charge in [0.1, 0.15) is 13.2 Å². The molecule has 1 spiro atoms. The van der Waals surface area contributed by atoms with E-state index in [9.17, 15) is 4.79 Å². The van der Waals surface area contributed by atoms with Gasteiger partial charge >= 0.3 is 0 Å². The predicted molar refractivity (Wildman–Crippen MR) is 92.9 cm³/mol. The number of ether oxygens (including phenoxy) is 3. The van der Waals surface area contributed by atoms with E-state index in [1.807, 2.05) is 18.0 Å². The molecule has 0 radical (unpaired) electrons. The number of carbonyl (C=O) groups is 1. The van der Waals surface area contributed by atoms with Crippen LogP contribution in [0.25, 0.3) is 0 Å². The van der Waals surface area contributed by atoms with Crippen molar-refractivity contribution in [2.45, 2.75) is 31.4 Å². The second-order valence-corrected chi connectivity index (χ2v) is 7.22. The molecule has 1 unspecified atom stereocenters. The van der Waals surface area contributed by atoms with E-state index in [1.54, 1.807) is 0 Å². The summed E-state index contributed by atoms with van der Waals surface area (Å²) in [4.78, 5) is 17.0. The van der Waals surface area contributed by atoms with Crippen LogP contribution in [-0.4, -0.2) is 67.8 Å². The van der Waals surface area contributed by atoms with E-state index < -0.39 is 5.60 Å². The quantitative estimate of drug-likeness (QED) is 0.815. The molecular weight excluding hydrogens is 320 g/mol. The minimum atomic E-state index is -0.669. The number of morpholine rings is 1. The van der Waals surface area contributed by atoms with Crippen LogP contribution in [0.4, 0.5) is 0 Å². The molecule has 1 aromatic carbocycles. The summed E-state index contributed by atoms with van der Waals surface area (Å²) in [6.45, 7) is 4.92. The highest BCUT2D eigenvalue weighted by Crippen LogP contribution is 2.33. The molecule has 0 bridgehead atoms. The van der Waals surface area contributed by atoms with Crippen molar-refractivity contribution in [1.29, 1.82) is 0 Å². The van der Waals surface area contributed by atoms with Crippen LogP contribution in [0.2, 0.25) is 0 Å². The Labute approximate surface area is 148 Å². The third-order valence-corrected chi connectivity index (χ3v) is 5.34. The van der Waals surface area contributed by atoms with Crippen LogP contribution in [0.1, 0.15) is 24.8 Å². The lowest BCUT2D eigenvalue weighted by Gasteiger charge is -2.42. The first kappa shape index (κ1) is 16.7. The second kappa shape index (κ2) is 6.84. The highest BCUT2D eigenvalue weighted by Gasteiger charge is 2.45. The number of nitrogens with zero attached hydrogens (tertiary/aromatic N) is 2. The van der Waals surface area contributed by atoms with Gasteiger partial charge in [0.2, 0.25) is 0 Å². The summed E-state index contributed by atoms with van der Waals surface area (Å²) in [7, 11) is 1.89. The molecule has 3 aliphatic heterocycles. The first-order chi connectivity index (χ1) is 12.2. The maximum Gasteiger partial charge on any atom is 0.255 e. The Morgan fingerprint density at radius 1 is 1.08 bits per heavy atom. The fourth-order valence-electron chi connectivity index (χ4n) is 4.03. The zero-order chi connectivity index (χ0) is 17.3. The van der Waals surface area contributed by atoms with Gasteiger partial charge in [0.15, 0.2) is 17.1 Å². The summed E-state index contributed by atoms with van der Waals surface area (Å²) in [6, 6.07) is 6.11. The van der Waals surface area contributed by atoms with Gasteiger partial charge in [0.25, 0.3) is 5.91 Å². The zero-order valence-electron chi connectivity index (χ0n) is 14.8. The van der Waals surface area contributed by atoms with Crippen LogP contribution in [-0.2, 0) is 16.1 Å². The molecule has 2 saturated heterocycles. The van der Waals surface area contributed by atoms with E-state index in [1.165, 1.54) is 5.56 Å². The van der Waals surface area contributed by atoms with Gasteiger partial charge in [-0.1, -0.05) is 6.07 Å². The van der Waals surface area contributed by atoms with Crippen LogP contribution in [0.3, 0.4) is 0 Å². The number of rotatable bonds is 2. The van der Waals surface area contributed by atoms with Crippen molar-refractivity contribution in [3.8, 4) is 11.5 Å². The highest BCUT2D eigenvalue weighted by molar-refractivity contribution is 5.85. The number of likely N-dealkylation sites (N-methyl/N-ethyl adjacent to an activating group) is 1. The smallest absolute Gasteiger partial charge is 0.255 e. The molecule has 2 fully saturated rings. The van der Waals surface area contributed by atoms with Gasteiger partial charge in [-0.2, -0.15) is 0 Å². The molecule has 6 nitrogen and oxygen atoms in total. The summed E-state index contributed by atoms with van der Waals surface area (Å²) in [5, 5.41) is 0. The summed E-state index contributed by atoms with van der Waals surface area (Å²) in [5.74, 6) is 1.77. The Kier molecular flexibility index (Phi) is 4.56. The summed E-state index contributed by atoms with van der Waals surface area (Å²) >= 11 is 0. The molecule has 3 heterocycles. The van der Waals surface area contributed by atoms with Crippen LogP contribution in [0.5, 0.6) is 11.5 Å². The monoisotopic (exact) mass is 346 g/mol. The lowest BCUT2D eigenvalue weighted by Crippen LogP contribution is -2.59. The Morgan fingerprint density at radius 3 is 2.80 bits per heavy atom. The topological polar surface area (TPSA) is 51.2 Å². The molecule has 1 aromatic rings. The third-order valence-electron chi connectivity index (χ3n) is 5.34. The molecule has 1 amide bonds. The molecular formula is C19H26N2O4. The molecule has 4 rings (SSSR count). The molecule has 3 aliphatic rings. The fourth-order valence-corrected chi connectivity index (χ4v) is 4.03. The molecule has 6 heteroatoms. The van der Waals surface area contributed by atoms with E-state index in [4.69, 9.17) is 14.2 Å². The van der Waals surface area contributed by atoms with Gasteiger partial charge in [0.05, 0.1) is 6.61 Å². The molecule has 0 saturated carbocycles. The largest absolute Gasteiger partial charge is 0.486 e. The Bertz CT molecular complexity index is 650. The van der Waals surface area contributed by atoms with Gasteiger partial charge in [0, 0.05) is 33.2 Å². The third kappa shape index (κ3) is 3.33. The van der Waals surface area contributed by atoms with Gasteiger partial charge in [-0.25, -0.2) is 0 Å². The number of amides is 1. The van der Waals surface area contributed by atoms with E-state index in [0.29, 0.717) is 26.4 Å². The minimum Gasteiger partial charge on any atom is -0.486 e. The van der Waals surface area contributed by atoms with Crippen molar-refractivity contribution in [3.63, 3.8) is 0 Å². The molecule has 0 N–H and O–H groups in total. The van der Waals surface area contributed by atoms with Crippen LogP contribution >= 0.6 is 0 Å². The standard InChI is InChI=1S/C19H26N2O4/c1-20-7-3-2-6-19(18(20)22)14-21(8-9-25-19)13-15-4-5-16-17(12-15)24-11-10-23-16/h4-5,12H,2-3,6-11,13-14H2,1H3. The van der Waals surface area contributed by atoms with E-state index in [-0.39, 0.29) is 5.91 Å². The van der Waals surface area contributed by atoms with Crippen molar-refractivity contribution in [2.24, 2.45) is 0 Å². The second-order valence-electron chi connectivity index (χ2n) is 7.22. The van der Waals surface area contributed by atoms with Gasteiger partial charge in [-0.05, 0) is 37.0 Å². The lowest BCUT2D eigenvalue weighted by molar-refractivity contribution is -0.169. The molecule has 0 aromatic heterocycles. The van der Waals surface area contributed by atoms with Crippen LogP contribution < -0.4 is 9.47 Å². The number of hydrogen-bond acceptors (Lipinski definition) is 5. The Balaban J connectivity index is 1.49. The van der Waals surface area contributed by atoms with E-state index in [2.05, 4.69) is 17.0 Å². The average molecular weight is 346 g/mol. The van der Waals surface area contributed by atoms with Crippen LogP contribution in [0, 0.1) is 0 Å². The predicted octanol–water partition coefficient (Wildman–Crippen LogP) is 1.67. The van der Waals surface area contributed by atoms with Gasteiger partial charge in [-0.3, -0.25) is 9.69 Å². The summed E-state index contributed by atoms with van der Waals surface area (Å²) in [5.41, 5.74) is 0.507. The SMILES string of the molecule is CN1CCCCC2(CN(Cc3ccc4c(c3)OCCO4)CCO2)C1=O. The maximum atomic E-state index is 12.8. The number of fused-ring (bicyclic) bond motifs is 1. The normalized spacial score (nSPS) is 27.4. The zero-order valence-corrected chi connectivity index (χ0v) is 14.8. The number of likely N-dealkylation sites (tertiary alicyclic amines) is 1. The number of benzene rings is 1. The Morgan fingerprint density at radius 2 is 1.92 bits per heavy atom. The van der Waals surface area contributed by atoms with E-state index >= 15 is 0 Å². The number of hydrogen-bond donors (Lipinski definition) is 0. The van der Waals surface area contributed by atoms with Gasteiger partial charge < -0.3 is 19.1 Å². The number of carbonyl (C=O) groups excluding carboxylic acids is 1. The van der Waals surface area contributed by atoms with Crippen molar-refractivity contribution in [3.05, 3.63) is 23.8 Å². The maximum absolute atomic E-state index is 12.8. The van der Waals surface area contributed by atoms with Crippen molar-refractivity contribution in [2.75, 3.05) is 46.5 Å². The highest BCUT2D eigenvalue weighted by atomic mass is 16.6. The first-order valence-corrected chi connectivity index (χ1v) is 9.17. The molecule has 0 aliphatic carbocycles. The molecule has 136 valence electrons. The molecule has 1 atom stereocenters. The van der Waals surface area contributed by atoms with Crippen molar-refractivity contribution >= 4 is 5.91 Å². The van der Waals surface area contributed by atoms with Crippen molar-refractivity contribution in [1.82, 2.24) is 9.80 Å². The van der Waals surface area contributed by atoms with Crippen LogP contribution in [0.15, 0.2) is 18.2 Å². The lowest BCUT2D eigenvalue weighted by atomic mass is 9.94. The van der Waals surface area contributed by atoms with Crippen molar-refractivity contribution < 1.29 is 19.0 Å². The van der Waals surface area contributed by atoms with E-state index in [0.717, 1.165) is 50.4 Å². The molecule has 25 heavy (non-hydrogen) atoms.